The monoisotopic (exact) mass is 1540 g/mol. The largest absolute Gasteiger partial charge is 0.394 e. The zero-order valence-corrected chi connectivity index (χ0v) is 56.3. The Labute approximate surface area is 594 Å². The molecule has 4 amide bonds. The van der Waals surface area contributed by atoms with Gasteiger partial charge < -0.3 is 215 Å². The molecule has 8 heterocycles. The van der Waals surface area contributed by atoms with Gasteiger partial charge in [-0.3, -0.25) is 19.2 Å². The lowest BCUT2D eigenvalue weighted by Crippen LogP contribution is -2.71. The Balaban J connectivity index is 0.978. The first kappa shape index (κ1) is 86.9. The number of aliphatic hydroxyl groups excluding tert-OH is 23. The summed E-state index contributed by atoms with van der Waals surface area (Å²) in [5.74, 6) is -2.75. The molecular weight excluding hydrogens is 1440 g/mol. The Bertz CT molecular complexity index is 2700. The third-order valence-electron chi connectivity index (χ3n) is 18.8. The van der Waals surface area contributed by atoms with E-state index in [1.54, 1.807) is 0 Å². The van der Waals surface area contributed by atoms with E-state index in [1.807, 2.05) is 0 Å². The highest BCUT2D eigenvalue weighted by molar-refractivity contribution is 5.74. The van der Waals surface area contributed by atoms with E-state index in [0.29, 0.717) is 0 Å². The summed E-state index contributed by atoms with van der Waals surface area (Å²) in [6.07, 6.45) is -73.7. The van der Waals surface area contributed by atoms with Crippen molar-refractivity contribution in [2.75, 3.05) is 66.1 Å². The second-order valence-corrected chi connectivity index (χ2v) is 26.1. The van der Waals surface area contributed by atoms with Gasteiger partial charge in [0.25, 0.3) is 0 Å². The van der Waals surface area contributed by atoms with Crippen LogP contribution in [0.2, 0.25) is 0 Å². The van der Waals surface area contributed by atoms with Crippen molar-refractivity contribution in [1.82, 2.24) is 21.3 Å². The molecule has 0 aromatic rings. The highest BCUT2D eigenvalue weighted by Crippen LogP contribution is 2.39. The van der Waals surface area contributed by atoms with Crippen LogP contribution in [0.15, 0.2) is 0 Å². The Kier molecular flexibility index (Phi) is 32.3. The predicted octanol–water partition coefficient (Wildman–Crippen LogP) is -18.9. The molecule has 0 saturated carbocycles. The molecule has 8 aliphatic rings. The van der Waals surface area contributed by atoms with Gasteiger partial charge in [0.15, 0.2) is 50.3 Å². The van der Waals surface area contributed by atoms with Gasteiger partial charge in [-0.15, -0.1) is 0 Å². The maximum atomic E-state index is 12.9. The van der Waals surface area contributed by atoms with Crippen molar-refractivity contribution in [3.05, 3.63) is 0 Å². The van der Waals surface area contributed by atoms with E-state index < -0.39 is 335 Å². The highest BCUT2D eigenvalue weighted by Gasteiger charge is 2.61. The first-order valence-corrected chi connectivity index (χ1v) is 33.3. The minimum Gasteiger partial charge on any atom is -0.394 e. The molecule has 0 unspecified atom stereocenters. The number of amides is 4. The van der Waals surface area contributed by atoms with Crippen LogP contribution in [-0.2, 0) is 95.0 Å². The molecule has 0 spiro atoms. The van der Waals surface area contributed by atoms with E-state index in [-0.39, 0.29) is 6.41 Å². The minimum absolute atomic E-state index is 0.260. The Hall–Kier alpha value is -3.68. The molecular formula is C58H98N4O43. The SMILES string of the molecule is CC(=O)N[C@H]1[C@H](O[C@H]2[C@@H](O)[C@@H](CO)O[C@@H](O[C@H]3[C@H](O)[C@@H](O)[C@H](OC[C@@H](CO)NC=O)O[C@@H]3CO)[C@@H]2O)O[C@H](CO)[C@@H](O[C@@H]2O[C@H](CO)[C@H](O)[C@H](O[C@@H]3O[C@H](CO)[C@@H](O[C@@H]4O[C@H](CO)[C@H](O)[C@H](O[C@H]5O[C@H](CO)[C@H](O)[C@H](O[C@@H]6O[C@H](CO)[C@H](O)[C@H](O)[C@H]6O)[C@H]5NC(C)=O)[C@H]4O)[C@H](O)[C@H]3NC(C)=O)[C@H]2O)[C@@H]1O. The summed E-state index contributed by atoms with van der Waals surface area (Å²) in [4.78, 5) is 49.4. The number of carbonyl (C=O) groups is 4. The first-order valence-electron chi connectivity index (χ1n) is 33.3. The zero-order valence-electron chi connectivity index (χ0n) is 56.3. The molecule has 8 saturated heterocycles. The Morgan fingerprint density at radius 1 is 0.305 bits per heavy atom. The van der Waals surface area contributed by atoms with Gasteiger partial charge in [0, 0.05) is 20.8 Å². The van der Waals surface area contributed by atoms with Crippen LogP contribution < -0.4 is 21.3 Å². The van der Waals surface area contributed by atoms with Crippen molar-refractivity contribution < 1.29 is 212 Å². The summed E-state index contributed by atoms with van der Waals surface area (Å²) >= 11 is 0. The molecule has 0 aliphatic carbocycles. The first-order chi connectivity index (χ1) is 49.9. The summed E-state index contributed by atoms with van der Waals surface area (Å²) in [6, 6.07) is -6.61. The molecule has 8 aliphatic heterocycles. The molecule has 608 valence electrons. The fraction of sp³-hybridized carbons (Fsp3) is 0.931. The van der Waals surface area contributed by atoms with Crippen LogP contribution in [0, 0.1) is 0 Å². The van der Waals surface area contributed by atoms with Crippen LogP contribution in [0.25, 0.3) is 0 Å². The molecule has 0 aromatic carbocycles. The molecule has 47 heteroatoms. The predicted molar refractivity (Wildman–Crippen MR) is 323 cm³/mol. The van der Waals surface area contributed by atoms with Crippen molar-refractivity contribution >= 4 is 24.1 Å². The molecule has 0 bridgehead atoms. The Morgan fingerprint density at radius 3 is 0.914 bits per heavy atom. The average Bonchev–Trinajstić information content (AvgIpc) is 0.768. The summed E-state index contributed by atoms with van der Waals surface area (Å²) in [7, 11) is 0. The standard InChI is InChI=1S/C58H98N4O43/c1-15(73)60-27-36(82)45(100-57-43(89)50(34(80)23(9-68)94-57)105-53-29(62-17(3)75)47(31(77)20(6-65)91-53)102-55-39(85)37(83)30(76)19(5-64)92-55)25(11-70)96-51(27)103-48-32(78)21(7-66)93-56(41(48)87)99-44-24(10-69)97-52(28(35(44)81)61-16(2)74)104-49-33(79)22(8-67)95-58(42(49)88)101-46-26(12-71)98-54(40(86)38(46)84)90-13-18(4-63)59-14-72/h14,18-58,63-71,76-89H,4-13H2,1-3H3,(H,59,72)(H,60,73)(H,61,74)(H,62,75)/t18-,19-,20-,21-,22-,23-,24-,25-,26-,27-,28-,29-,30+,31+,32+,33+,34+,35-,36-,37+,38-,39-,40-,41-,42-,43-,44-,45-,46-,47-,48+,49+,50+,51+,52+,53-,54-,55+,56+,57+,58+/m1/s1. The molecule has 8 rings (SSSR count). The summed E-state index contributed by atoms with van der Waals surface area (Å²) in [6.45, 7) is -6.68. The molecule has 8 fully saturated rings. The number of rotatable bonds is 31. The van der Waals surface area contributed by atoms with Crippen molar-refractivity contribution in [2.45, 2.75) is 272 Å². The summed E-state index contributed by atoms with van der Waals surface area (Å²) in [5, 5.41) is 262. The summed E-state index contributed by atoms with van der Waals surface area (Å²) < 4.78 is 93.0. The van der Waals surface area contributed by atoms with Crippen LogP contribution >= 0.6 is 0 Å². The lowest BCUT2D eigenvalue weighted by Gasteiger charge is -2.51. The number of nitrogens with one attached hydrogen (secondary N) is 4. The zero-order chi connectivity index (χ0) is 77.3. The molecule has 27 N–H and O–H groups in total. The van der Waals surface area contributed by atoms with Gasteiger partial charge in [-0.2, -0.15) is 0 Å². The van der Waals surface area contributed by atoms with E-state index in [2.05, 4.69) is 21.3 Å². The number of ether oxygens (including phenoxy) is 16. The molecule has 47 nitrogen and oxygen atoms in total. The fourth-order valence-electron chi connectivity index (χ4n) is 13.3. The maximum absolute atomic E-state index is 12.9. The lowest BCUT2D eigenvalue weighted by atomic mass is 9.93. The number of carbonyl (C=O) groups excluding carboxylic acids is 4. The van der Waals surface area contributed by atoms with Crippen LogP contribution in [0.3, 0.4) is 0 Å². The molecule has 41 atom stereocenters. The van der Waals surface area contributed by atoms with E-state index >= 15 is 0 Å². The third kappa shape index (κ3) is 19.6. The van der Waals surface area contributed by atoms with Crippen LogP contribution in [0.5, 0.6) is 0 Å². The van der Waals surface area contributed by atoms with Gasteiger partial charge in [-0.05, 0) is 0 Å². The van der Waals surface area contributed by atoms with Crippen LogP contribution in [0.1, 0.15) is 20.8 Å². The molecule has 0 radical (unpaired) electrons. The topological polar surface area (TPSA) is 729 Å². The second kappa shape index (κ2) is 39.0. The van der Waals surface area contributed by atoms with Gasteiger partial charge >= 0.3 is 0 Å². The highest BCUT2D eigenvalue weighted by atomic mass is 16.8. The number of aliphatic hydroxyl groups is 23. The van der Waals surface area contributed by atoms with Gasteiger partial charge in [-0.1, -0.05) is 0 Å². The van der Waals surface area contributed by atoms with Crippen molar-refractivity contribution in [3.63, 3.8) is 0 Å². The fourth-order valence-corrected chi connectivity index (χ4v) is 13.3. The molecule has 0 aromatic heterocycles. The second-order valence-electron chi connectivity index (χ2n) is 26.1. The Morgan fingerprint density at radius 2 is 0.571 bits per heavy atom. The van der Waals surface area contributed by atoms with Gasteiger partial charge in [0.05, 0.1) is 72.1 Å². The summed E-state index contributed by atoms with van der Waals surface area (Å²) in [5.41, 5.74) is 0. The van der Waals surface area contributed by atoms with Gasteiger partial charge in [0.2, 0.25) is 24.1 Å². The maximum Gasteiger partial charge on any atom is 0.217 e. The van der Waals surface area contributed by atoms with Crippen molar-refractivity contribution in [2.24, 2.45) is 0 Å². The van der Waals surface area contributed by atoms with Gasteiger partial charge in [0.1, 0.15) is 195 Å². The van der Waals surface area contributed by atoms with Crippen molar-refractivity contribution in [1.29, 1.82) is 0 Å². The van der Waals surface area contributed by atoms with E-state index in [4.69, 9.17) is 75.8 Å². The van der Waals surface area contributed by atoms with E-state index in [9.17, 15) is 137 Å². The minimum atomic E-state index is -2.35. The molecule has 105 heavy (non-hydrogen) atoms. The average molecular weight is 1540 g/mol. The van der Waals surface area contributed by atoms with Crippen LogP contribution in [-0.4, -0.2) is 459 Å². The normalized spacial score (nSPS) is 47.3. The number of hydrogen-bond acceptors (Lipinski definition) is 43. The van der Waals surface area contributed by atoms with Crippen LogP contribution in [0.4, 0.5) is 0 Å². The quantitative estimate of drug-likeness (QED) is 0.0287. The lowest BCUT2D eigenvalue weighted by molar-refractivity contribution is -0.389. The third-order valence-corrected chi connectivity index (χ3v) is 18.8. The van der Waals surface area contributed by atoms with Crippen molar-refractivity contribution in [3.8, 4) is 0 Å². The van der Waals surface area contributed by atoms with E-state index in [1.165, 1.54) is 0 Å². The number of hydrogen-bond donors (Lipinski definition) is 27. The van der Waals surface area contributed by atoms with E-state index in [0.717, 1.165) is 20.8 Å². The smallest absolute Gasteiger partial charge is 0.217 e. The van der Waals surface area contributed by atoms with Gasteiger partial charge in [-0.25, -0.2) is 0 Å².